The first-order valence-electron chi connectivity index (χ1n) is 13.3. The monoisotopic (exact) mass is 518 g/mol. The number of carboxylic acid groups (broad SMARTS) is 1. The molecule has 1 heterocycles. The molecule has 0 bridgehead atoms. The smallest absolute Gasteiger partial charge is 0.433 e. The van der Waals surface area contributed by atoms with E-state index in [0.29, 0.717) is 41.0 Å². The number of carbonyl (C=O) groups is 1. The van der Waals surface area contributed by atoms with Gasteiger partial charge in [-0.15, -0.1) is 0 Å². The number of rotatable bonds is 9. The average molecular weight is 519 g/mol. The molecule has 1 aromatic carbocycles. The van der Waals surface area contributed by atoms with Gasteiger partial charge in [-0.1, -0.05) is 58.9 Å². The second kappa shape index (κ2) is 12.0. The van der Waals surface area contributed by atoms with Gasteiger partial charge in [0.15, 0.2) is 0 Å². The highest BCUT2D eigenvalue weighted by atomic mass is 19.4. The molecule has 0 unspecified atom stereocenters. The van der Waals surface area contributed by atoms with Crippen molar-refractivity contribution in [2.75, 3.05) is 6.54 Å². The highest BCUT2D eigenvalue weighted by Crippen LogP contribution is 2.40. The number of aliphatic carboxylic acids is 1. The van der Waals surface area contributed by atoms with Gasteiger partial charge >= 0.3 is 12.1 Å². The van der Waals surface area contributed by atoms with E-state index in [1.807, 2.05) is 12.1 Å². The van der Waals surface area contributed by atoms with Crippen LogP contribution in [-0.2, 0) is 23.9 Å². The van der Waals surface area contributed by atoms with Crippen molar-refractivity contribution in [1.82, 2.24) is 9.88 Å². The number of alkyl halides is 3. The third-order valence-electron chi connectivity index (χ3n) is 7.70. The van der Waals surface area contributed by atoms with E-state index in [2.05, 4.69) is 44.5 Å². The van der Waals surface area contributed by atoms with E-state index in [4.69, 9.17) is 0 Å². The maximum absolute atomic E-state index is 13.1. The lowest BCUT2D eigenvalue weighted by Crippen LogP contribution is -2.40. The van der Waals surface area contributed by atoms with Gasteiger partial charge in [0.05, 0.1) is 6.42 Å². The first-order chi connectivity index (χ1) is 17.2. The summed E-state index contributed by atoms with van der Waals surface area (Å²) in [5, 5.41) is 9.29. The van der Waals surface area contributed by atoms with E-state index in [1.54, 1.807) is 6.07 Å². The molecule has 2 aromatic rings. The summed E-state index contributed by atoms with van der Waals surface area (Å²) in [5.41, 5.74) is 2.28. The van der Waals surface area contributed by atoms with Gasteiger partial charge in [-0.05, 0) is 78.7 Å². The predicted molar refractivity (Wildman–Crippen MR) is 141 cm³/mol. The first-order valence-corrected chi connectivity index (χ1v) is 13.3. The minimum atomic E-state index is -4.51. The van der Waals surface area contributed by atoms with Crippen molar-refractivity contribution in [1.29, 1.82) is 0 Å². The van der Waals surface area contributed by atoms with Crippen LogP contribution in [0.25, 0.3) is 11.1 Å². The van der Waals surface area contributed by atoms with Crippen LogP contribution in [0.15, 0.2) is 36.5 Å². The fraction of sp³-hybridized carbons (Fsp3) is 0.600. The van der Waals surface area contributed by atoms with Crippen LogP contribution in [0.1, 0.15) is 83.5 Å². The molecule has 37 heavy (non-hydrogen) atoms. The molecule has 0 spiro atoms. The summed E-state index contributed by atoms with van der Waals surface area (Å²) >= 11 is 0. The lowest BCUT2D eigenvalue weighted by molar-refractivity contribution is -0.141. The second-order valence-electron chi connectivity index (χ2n) is 12.0. The van der Waals surface area contributed by atoms with E-state index < -0.39 is 17.8 Å². The van der Waals surface area contributed by atoms with Crippen LogP contribution < -0.4 is 0 Å². The van der Waals surface area contributed by atoms with Gasteiger partial charge in [-0.3, -0.25) is 14.7 Å². The number of pyridine rings is 1. The highest BCUT2D eigenvalue weighted by Gasteiger charge is 2.33. The molecule has 4 nitrogen and oxygen atoms in total. The molecule has 1 aliphatic carbocycles. The maximum atomic E-state index is 13.1. The molecule has 0 saturated heterocycles. The minimum Gasteiger partial charge on any atom is -0.481 e. The third-order valence-corrected chi connectivity index (χ3v) is 7.70. The molecule has 0 aliphatic heterocycles. The van der Waals surface area contributed by atoms with Crippen LogP contribution in [0.4, 0.5) is 13.2 Å². The van der Waals surface area contributed by atoms with Crippen molar-refractivity contribution in [3.8, 4) is 11.1 Å². The van der Waals surface area contributed by atoms with Gasteiger partial charge in [0.25, 0.3) is 0 Å². The van der Waals surface area contributed by atoms with E-state index in [0.717, 1.165) is 43.0 Å². The molecule has 0 amide bonds. The number of aromatic nitrogens is 1. The molecule has 1 aliphatic rings. The lowest BCUT2D eigenvalue weighted by atomic mass is 9.71. The number of benzene rings is 1. The van der Waals surface area contributed by atoms with Gasteiger partial charge < -0.3 is 5.11 Å². The van der Waals surface area contributed by atoms with Gasteiger partial charge in [0, 0.05) is 24.3 Å². The average Bonchev–Trinajstić information content (AvgIpc) is 2.81. The zero-order valence-corrected chi connectivity index (χ0v) is 22.7. The molecule has 204 valence electrons. The van der Waals surface area contributed by atoms with Crippen molar-refractivity contribution in [2.45, 2.75) is 91.9 Å². The normalized spacial score (nSPS) is 19.0. The Morgan fingerprint density at radius 1 is 1.08 bits per heavy atom. The fourth-order valence-corrected chi connectivity index (χ4v) is 5.38. The van der Waals surface area contributed by atoms with Gasteiger partial charge in [0.2, 0.25) is 0 Å². The van der Waals surface area contributed by atoms with Crippen LogP contribution in [-0.4, -0.2) is 33.5 Å². The Kier molecular flexibility index (Phi) is 9.43. The molecule has 1 aromatic heterocycles. The van der Waals surface area contributed by atoms with E-state index in [-0.39, 0.29) is 6.42 Å². The van der Waals surface area contributed by atoms with Crippen LogP contribution >= 0.6 is 0 Å². The van der Waals surface area contributed by atoms with Crippen molar-refractivity contribution in [3.05, 3.63) is 53.3 Å². The summed E-state index contributed by atoms with van der Waals surface area (Å²) in [5.74, 6) is 0.322. The molecular formula is C30H41F3N2O2. The number of hydrogen-bond acceptors (Lipinski definition) is 3. The lowest BCUT2D eigenvalue weighted by Gasteiger charge is -2.41. The maximum Gasteiger partial charge on any atom is 0.433 e. The second-order valence-corrected chi connectivity index (χ2v) is 12.0. The summed E-state index contributed by atoms with van der Waals surface area (Å²) in [6.45, 7) is 13.0. The summed E-state index contributed by atoms with van der Waals surface area (Å²) < 4.78 is 39.3. The Labute approximate surface area is 219 Å². The Morgan fingerprint density at radius 2 is 1.76 bits per heavy atom. The minimum absolute atomic E-state index is 0.144. The number of hydrogen-bond donors (Lipinski definition) is 1. The molecule has 0 radical (unpaired) electrons. The molecule has 7 heteroatoms. The SMILES string of the molecule is CC(C)CCN(Cc1ccc(CC(=O)O)cc1-c1ccc(C(F)(F)F)nc1)C1CCC(C(C)(C)C)CC1. The largest absolute Gasteiger partial charge is 0.481 e. The molecule has 1 N–H and O–H groups in total. The molecular weight excluding hydrogens is 477 g/mol. The highest BCUT2D eigenvalue weighted by molar-refractivity contribution is 5.73. The Hall–Kier alpha value is -2.41. The van der Waals surface area contributed by atoms with Crippen molar-refractivity contribution in [3.63, 3.8) is 0 Å². The topological polar surface area (TPSA) is 53.4 Å². The third kappa shape index (κ3) is 8.29. The van der Waals surface area contributed by atoms with E-state index in [9.17, 15) is 23.1 Å². The summed E-state index contributed by atoms with van der Waals surface area (Å²) in [7, 11) is 0. The van der Waals surface area contributed by atoms with Crippen molar-refractivity contribution < 1.29 is 23.1 Å². The van der Waals surface area contributed by atoms with Gasteiger partial charge in [-0.2, -0.15) is 13.2 Å². The van der Waals surface area contributed by atoms with Crippen LogP contribution in [0, 0.1) is 17.3 Å². The van der Waals surface area contributed by atoms with Crippen LogP contribution in [0.2, 0.25) is 0 Å². The summed E-state index contributed by atoms with van der Waals surface area (Å²) in [6.07, 6.45) is 2.32. The summed E-state index contributed by atoms with van der Waals surface area (Å²) in [6, 6.07) is 8.44. The molecule has 3 rings (SSSR count). The quantitative estimate of drug-likeness (QED) is 0.367. The van der Waals surface area contributed by atoms with Crippen LogP contribution in [0.3, 0.4) is 0 Å². The van der Waals surface area contributed by atoms with E-state index >= 15 is 0 Å². The van der Waals surface area contributed by atoms with Crippen LogP contribution in [0.5, 0.6) is 0 Å². The summed E-state index contributed by atoms with van der Waals surface area (Å²) in [4.78, 5) is 17.5. The van der Waals surface area contributed by atoms with Crippen molar-refractivity contribution in [2.24, 2.45) is 17.3 Å². The number of halogens is 3. The van der Waals surface area contributed by atoms with Gasteiger partial charge in [-0.25, -0.2) is 0 Å². The molecule has 1 saturated carbocycles. The molecule has 0 atom stereocenters. The standard InChI is InChI=1S/C30H41F3N2O2/c1-20(2)14-15-35(25-11-9-24(10-12-25)29(3,4)5)19-23-7-6-21(17-28(36)37)16-26(23)22-8-13-27(34-18-22)30(31,32)33/h6-8,13,16,18,20,24-25H,9-12,14-15,17,19H2,1-5H3,(H,36,37). The zero-order valence-electron chi connectivity index (χ0n) is 22.7. The Morgan fingerprint density at radius 3 is 2.27 bits per heavy atom. The zero-order chi connectivity index (χ0) is 27.4. The predicted octanol–water partition coefficient (Wildman–Crippen LogP) is 7.85. The van der Waals surface area contributed by atoms with Gasteiger partial charge in [0.1, 0.15) is 5.69 Å². The first kappa shape index (κ1) is 29.2. The Balaban J connectivity index is 1.92. The Bertz CT molecular complexity index is 1030. The number of nitrogens with zero attached hydrogens (tertiary/aromatic N) is 2. The number of carboxylic acids is 1. The van der Waals surface area contributed by atoms with E-state index in [1.165, 1.54) is 25.1 Å². The fourth-order valence-electron chi connectivity index (χ4n) is 5.38. The van der Waals surface area contributed by atoms with Crippen molar-refractivity contribution >= 4 is 5.97 Å². The molecule has 1 fully saturated rings.